The Morgan fingerprint density at radius 1 is 1.20 bits per heavy atom. The van der Waals surface area contributed by atoms with Crippen LogP contribution in [0.25, 0.3) is 0 Å². The average Bonchev–Trinajstić information content (AvgIpc) is 2.67. The van der Waals surface area contributed by atoms with E-state index in [1.165, 1.54) is 0 Å². The number of methoxy groups -OCH3 is 1. The maximum atomic E-state index is 9.93. The first-order valence-corrected chi connectivity index (χ1v) is 8.28. The molecule has 0 unspecified atom stereocenters. The highest BCUT2D eigenvalue weighted by Gasteiger charge is 2.57. The van der Waals surface area contributed by atoms with Crippen molar-refractivity contribution in [2.24, 2.45) is 17.3 Å². The van der Waals surface area contributed by atoms with Crippen LogP contribution in [0.1, 0.15) is 30.7 Å². The second-order valence-electron chi connectivity index (χ2n) is 6.47. The third-order valence-electron chi connectivity index (χ3n) is 5.40. The quantitative estimate of drug-likeness (QED) is 0.834. The van der Waals surface area contributed by atoms with Crippen molar-refractivity contribution < 1.29 is 4.74 Å². The minimum absolute atomic E-state index is 0.108. The summed E-state index contributed by atoms with van der Waals surface area (Å²) in [6.45, 7) is 0. The SMILES string of the molecule is COc1ccccc1[C@H]1[C@H]2CCCC=C2[C@H](C#N)C(=N)C1(C#N)C#N. The second-order valence-corrected chi connectivity index (χ2v) is 6.47. The lowest BCUT2D eigenvalue weighted by Gasteiger charge is -2.46. The molecule has 0 amide bonds. The molecule has 0 radical (unpaired) electrons. The van der Waals surface area contributed by atoms with Crippen molar-refractivity contribution in [3.8, 4) is 24.0 Å². The second kappa shape index (κ2) is 6.42. The predicted molar refractivity (Wildman–Crippen MR) is 91.6 cm³/mol. The zero-order valence-electron chi connectivity index (χ0n) is 14.0. The maximum Gasteiger partial charge on any atom is 0.189 e. The van der Waals surface area contributed by atoms with Gasteiger partial charge in [-0.3, -0.25) is 0 Å². The molecule has 2 aliphatic carbocycles. The summed E-state index contributed by atoms with van der Waals surface area (Å²) in [5, 5.41) is 38.0. The molecule has 124 valence electrons. The van der Waals surface area contributed by atoms with Crippen molar-refractivity contribution in [3.05, 3.63) is 41.5 Å². The van der Waals surface area contributed by atoms with Gasteiger partial charge in [0.15, 0.2) is 5.41 Å². The van der Waals surface area contributed by atoms with Crippen molar-refractivity contribution in [1.29, 1.82) is 21.2 Å². The van der Waals surface area contributed by atoms with Gasteiger partial charge in [-0.1, -0.05) is 24.3 Å². The number of nitriles is 3. The van der Waals surface area contributed by atoms with Crippen LogP contribution in [0.2, 0.25) is 0 Å². The number of hydrogen-bond donors (Lipinski definition) is 1. The highest BCUT2D eigenvalue weighted by molar-refractivity contribution is 6.00. The molecule has 0 bridgehead atoms. The number of fused-ring (bicyclic) bond motifs is 1. The van der Waals surface area contributed by atoms with E-state index in [-0.39, 0.29) is 11.6 Å². The van der Waals surface area contributed by atoms with E-state index in [9.17, 15) is 15.8 Å². The zero-order valence-corrected chi connectivity index (χ0v) is 14.0. The van der Waals surface area contributed by atoms with Crippen LogP contribution in [0.3, 0.4) is 0 Å². The van der Waals surface area contributed by atoms with Gasteiger partial charge in [0, 0.05) is 11.5 Å². The number of rotatable bonds is 2. The third-order valence-corrected chi connectivity index (χ3v) is 5.40. The summed E-state index contributed by atoms with van der Waals surface area (Å²) in [4.78, 5) is 0. The summed E-state index contributed by atoms with van der Waals surface area (Å²) in [7, 11) is 1.56. The van der Waals surface area contributed by atoms with Crippen LogP contribution in [0.4, 0.5) is 0 Å². The van der Waals surface area contributed by atoms with Gasteiger partial charge in [-0.25, -0.2) is 0 Å². The van der Waals surface area contributed by atoms with Crippen molar-refractivity contribution in [2.75, 3.05) is 7.11 Å². The van der Waals surface area contributed by atoms with E-state index in [0.29, 0.717) is 5.75 Å². The molecular formula is C20H18N4O. The molecule has 1 saturated carbocycles. The molecule has 1 aromatic carbocycles. The van der Waals surface area contributed by atoms with Gasteiger partial charge in [-0.2, -0.15) is 15.8 Å². The molecule has 0 aliphatic heterocycles. The van der Waals surface area contributed by atoms with Crippen molar-refractivity contribution in [3.63, 3.8) is 0 Å². The van der Waals surface area contributed by atoms with Gasteiger partial charge in [0.25, 0.3) is 0 Å². The number of hydrogen-bond acceptors (Lipinski definition) is 5. The Hall–Kier alpha value is -3.10. The summed E-state index contributed by atoms with van der Waals surface area (Å²) < 4.78 is 5.48. The van der Waals surface area contributed by atoms with Gasteiger partial charge in [0.1, 0.15) is 11.7 Å². The van der Waals surface area contributed by atoms with E-state index < -0.39 is 17.3 Å². The van der Waals surface area contributed by atoms with Crippen LogP contribution >= 0.6 is 0 Å². The molecule has 0 aromatic heterocycles. The highest BCUT2D eigenvalue weighted by atomic mass is 16.5. The van der Waals surface area contributed by atoms with Gasteiger partial charge < -0.3 is 10.1 Å². The van der Waals surface area contributed by atoms with Crippen LogP contribution in [0.5, 0.6) is 5.75 Å². The summed E-state index contributed by atoms with van der Waals surface area (Å²) in [5.74, 6) is -0.809. The minimum atomic E-state index is -1.66. The normalized spacial score (nSPS) is 27.0. The van der Waals surface area contributed by atoms with E-state index in [2.05, 4.69) is 18.2 Å². The number of nitrogens with one attached hydrogen (secondary N) is 1. The molecule has 2 aliphatic rings. The lowest BCUT2D eigenvalue weighted by Crippen LogP contribution is -2.48. The number of ether oxygens (including phenoxy) is 1. The van der Waals surface area contributed by atoms with Crippen molar-refractivity contribution in [2.45, 2.75) is 25.2 Å². The van der Waals surface area contributed by atoms with Gasteiger partial charge in [-0.05, 0) is 36.8 Å². The monoisotopic (exact) mass is 330 g/mol. The maximum absolute atomic E-state index is 9.93. The first kappa shape index (κ1) is 16.7. The Morgan fingerprint density at radius 2 is 1.92 bits per heavy atom. The molecule has 0 saturated heterocycles. The molecule has 5 nitrogen and oxygen atoms in total. The molecular weight excluding hydrogens is 312 g/mol. The zero-order chi connectivity index (χ0) is 18.0. The standard InChI is InChI=1S/C20H18N4O/c1-25-17-9-5-4-8-15(17)18-14-7-3-2-6-13(14)16(10-21)19(24)20(18,11-22)12-23/h4-6,8-9,14,16,18,24H,2-3,7H2,1H3/t14-,16-,18+/m0/s1. The Bertz CT molecular complexity index is 851. The summed E-state index contributed by atoms with van der Waals surface area (Å²) >= 11 is 0. The van der Waals surface area contributed by atoms with Gasteiger partial charge >= 0.3 is 0 Å². The van der Waals surface area contributed by atoms with Crippen LogP contribution in [0, 0.1) is 56.7 Å². The highest BCUT2D eigenvalue weighted by Crippen LogP contribution is 2.56. The molecule has 3 rings (SSSR count). The van der Waals surface area contributed by atoms with E-state index >= 15 is 0 Å². The van der Waals surface area contributed by atoms with E-state index in [0.717, 1.165) is 30.4 Å². The number of nitrogens with zero attached hydrogens (tertiary/aromatic N) is 3. The lowest BCUT2D eigenvalue weighted by atomic mass is 9.53. The molecule has 0 spiro atoms. The molecule has 1 N–H and O–H groups in total. The Kier molecular flexibility index (Phi) is 4.30. The van der Waals surface area contributed by atoms with E-state index in [1.54, 1.807) is 13.2 Å². The van der Waals surface area contributed by atoms with Crippen molar-refractivity contribution in [1.82, 2.24) is 0 Å². The fourth-order valence-corrected chi connectivity index (χ4v) is 4.28. The molecule has 0 heterocycles. The first-order chi connectivity index (χ1) is 12.1. The number of benzene rings is 1. The summed E-state index contributed by atoms with van der Waals surface area (Å²) in [6, 6.07) is 13.7. The molecule has 3 atom stereocenters. The minimum Gasteiger partial charge on any atom is -0.496 e. The number of para-hydroxylation sites is 1. The smallest absolute Gasteiger partial charge is 0.189 e. The Labute approximate surface area is 147 Å². The first-order valence-electron chi connectivity index (χ1n) is 8.28. The molecule has 5 heteroatoms. The van der Waals surface area contributed by atoms with Crippen LogP contribution < -0.4 is 4.74 Å². The average molecular weight is 330 g/mol. The predicted octanol–water partition coefficient (Wildman–Crippen LogP) is 3.71. The summed E-state index contributed by atoms with van der Waals surface area (Å²) in [6.07, 6.45) is 4.63. The van der Waals surface area contributed by atoms with E-state index in [4.69, 9.17) is 10.1 Å². The Morgan fingerprint density at radius 3 is 2.56 bits per heavy atom. The number of allylic oxidation sites excluding steroid dienone is 2. The van der Waals surface area contributed by atoms with Crippen LogP contribution in [-0.4, -0.2) is 12.8 Å². The van der Waals surface area contributed by atoms with Gasteiger partial charge in [0.2, 0.25) is 0 Å². The topological polar surface area (TPSA) is 104 Å². The van der Waals surface area contributed by atoms with Crippen molar-refractivity contribution >= 4 is 5.71 Å². The molecule has 25 heavy (non-hydrogen) atoms. The largest absolute Gasteiger partial charge is 0.496 e. The van der Waals surface area contributed by atoms with E-state index in [1.807, 2.05) is 24.3 Å². The van der Waals surface area contributed by atoms with Crippen LogP contribution in [0.15, 0.2) is 35.9 Å². The Balaban J connectivity index is 2.30. The van der Waals surface area contributed by atoms with Gasteiger partial charge in [0.05, 0.1) is 31.0 Å². The fraction of sp³-hybridized carbons (Fsp3) is 0.400. The summed E-state index contributed by atoms with van der Waals surface area (Å²) in [5.41, 5.74) is -0.128. The van der Waals surface area contributed by atoms with Gasteiger partial charge in [-0.15, -0.1) is 0 Å². The molecule has 1 aromatic rings. The lowest BCUT2D eigenvalue weighted by molar-refractivity contribution is 0.308. The fourth-order valence-electron chi connectivity index (χ4n) is 4.28. The van der Waals surface area contributed by atoms with Crippen LogP contribution in [-0.2, 0) is 0 Å². The molecule has 1 fully saturated rings. The third kappa shape index (κ3) is 2.31.